The first kappa shape index (κ1) is 14.7. The van der Waals surface area contributed by atoms with Gasteiger partial charge in [-0.1, -0.05) is 0 Å². The van der Waals surface area contributed by atoms with Gasteiger partial charge in [0.05, 0.1) is 11.9 Å². The molecular formula is C12H11FN4O3S. The second-order valence-corrected chi connectivity index (χ2v) is 5.73. The molecule has 0 radical (unpaired) electrons. The minimum Gasteiger partial charge on any atom is -0.398 e. The number of aromatic nitrogens is 1. The van der Waals surface area contributed by atoms with Crippen molar-refractivity contribution >= 4 is 27.4 Å². The molecule has 2 rings (SSSR count). The van der Waals surface area contributed by atoms with Gasteiger partial charge in [0.25, 0.3) is 10.0 Å². The van der Waals surface area contributed by atoms with E-state index in [9.17, 15) is 17.6 Å². The van der Waals surface area contributed by atoms with Gasteiger partial charge in [-0.25, -0.2) is 17.8 Å². The van der Waals surface area contributed by atoms with Gasteiger partial charge in [-0.05, 0) is 30.3 Å². The molecule has 0 saturated heterocycles. The van der Waals surface area contributed by atoms with E-state index in [1.54, 1.807) is 0 Å². The number of carbonyl (C=O) groups excluding carboxylic acids is 1. The molecule has 21 heavy (non-hydrogen) atoms. The summed E-state index contributed by atoms with van der Waals surface area (Å²) in [5.41, 5.74) is 10.6. The monoisotopic (exact) mass is 310 g/mol. The van der Waals surface area contributed by atoms with Gasteiger partial charge in [0.2, 0.25) is 5.91 Å². The quantitative estimate of drug-likeness (QED) is 0.716. The predicted molar refractivity (Wildman–Crippen MR) is 74.4 cm³/mol. The average molecular weight is 310 g/mol. The predicted octanol–water partition coefficient (Wildman–Crippen LogP) is 0.703. The Labute approximate surface area is 119 Å². The molecule has 0 spiro atoms. The van der Waals surface area contributed by atoms with E-state index in [2.05, 4.69) is 9.71 Å². The number of rotatable bonds is 4. The van der Waals surface area contributed by atoms with E-state index in [-0.39, 0.29) is 22.0 Å². The van der Waals surface area contributed by atoms with Gasteiger partial charge >= 0.3 is 0 Å². The Morgan fingerprint density at radius 3 is 2.48 bits per heavy atom. The fourth-order valence-electron chi connectivity index (χ4n) is 1.58. The van der Waals surface area contributed by atoms with Gasteiger partial charge in [0.15, 0.2) is 0 Å². The summed E-state index contributed by atoms with van der Waals surface area (Å²) in [6.45, 7) is 0. The fraction of sp³-hybridized carbons (Fsp3) is 0. The van der Waals surface area contributed by atoms with Crippen molar-refractivity contribution < 1.29 is 17.6 Å². The topological polar surface area (TPSA) is 128 Å². The molecule has 0 aliphatic rings. The standard InChI is InChI=1S/C12H11FN4O3S/c13-8-2-4-11(16-6-8)17-21(19,20)10-3-1-7(12(15)18)5-9(10)14/h1-6H,14H2,(H2,15,18)(H,16,17). The lowest BCUT2D eigenvalue weighted by Crippen LogP contribution is -2.17. The van der Waals surface area contributed by atoms with E-state index in [0.29, 0.717) is 0 Å². The minimum absolute atomic E-state index is 0.0604. The van der Waals surface area contributed by atoms with Crippen LogP contribution in [-0.4, -0.2) is 19.3 Å². The van der Waals surface area contributed by atoms with Crippen LogP contribution in [0, 0.1) is 5.82 Å². The molecule has 1 heterocycles. The molecule has 0 unspecified atom stereocenters. The molecule has 7 nitrogen and oxygen atoms in total. The molecule has 9 heteroatoms. The molecule has 1 aromatic carbocycles. The molecule has 0 aliphatic heterocycles. The maximum Gasteiger partial charge on any atom is 0.265 e. The zero-order valence-corrected chi connectivity index (χ0v) is 11.4. The number of nitrogens with two attached hydrogens (primary N) is 2. The summed E-state index contributed by atoms with van der Waals surface area (Å²) in [6, 6.07) is 5.78. The van der Waals surface area contributed by atoms with E-state index in [4.69, 9.17) is 11.5 Å². The van der Waals surface area contributed by atoms with Crippen molar-refractivity contribution in [3.05, 3.63) is 47.9 Å². The molecule has 0 atom stereocenters. The number of halogens is 1. The maximum atomic E-state index is 12.7. The van der Waals surface area contributed by atoms with Crippen LogP contribution in [0.3, 0.4) is 0 Å². The lowest BCUT2D eigenvalue weighted by Gasteiger charge is -2.10. The SMILES string of the molecule is NC(=O)c1ccc(S(=O)(=O)Nc2ccc(F)cn2)c(N)c1. The first-order valence-electron chi connectivity index (χ1n) is 5.63. The second-order valence-electron chi connectivity index (χ2n) is 4.08. The molecular weight excluding hydrogens is 299 g/mol. The summed E-state index contributed by atoms with van der Waals surface area (Å²) in [5, 5.41) is 0. The van der Waals surface area contributed by atoms with Crippen molar-refractivity contribution in [3.63, 3.8) is 0 Å². The molecule has 110 valence electrons. The van der Waals surface area contributed by atoms with Crippen molar-refractivity contribution in [2.24, 2.45) is 5.73 Å². The van der Waals surface area contributed by atoms with Crippen LogP contribution in [0.1, 0.15) is 10.4 Å². The largest absolute Gasteiger partial charge is 0.398 e. The maximum absolute atomic E-state index is 12.7. The molecule has 0 aliphatic carbocycles. The molecule has 2 aromatic rings. The average Bonchev–Trinajstić information content (AvgIpc) is 2.40. The zero-order valence-electron chi connectivity index (χ0n) is 10.6. The summed E-state index contributed by atoms with van der Waals surface area (Å²) < 4.78 is 39.2. The van der Waals surface area contributed by atoms with Crippen molar-refractivity contribution in [2.75, 3.05) is 10.5 Å². The molecule has 1 amide bonds. The summed E-state index contributed by atoms with van der Waals surface area (Å²) in [5.74, 6) is -1.38. The molecule has 5 N–H and O–H groups in total. The summed E-state index contributed by atoms with van der Waals surface area (Å²) >= 11 is 0. The van der Waals surface area contributed by atoms with Crippen LogP contribution < -0.4 is 16.2 Å². The van der Waals surface area contributed by atoms with Gasteiger partial charge in [-0.2, -0.15) is 0 Å². The van der Waals surface area contributed by atoms with Gasteiger partial charge < -0.3 is 11.5 Å². The number of nitrogen functional groups attached to an aromatic ring is 1. The van der Waals surface area contributed by atoms with Crippen LogP contribution in [0.2, 0.25) is 0 Å². The van der Waals surface area contributed by atoms with Crippen LogP contribution in [-0.2, 0) is 10.0 Å². The number of amides is 1. The van der Waals surface area contributed by atoms with Gasteiger partial charge in [-0.15, -0.1) is 0 Å². The van der Waals surface area contributed by atoms with Crippen molar-refractivity contribution in [1.82, 2.24) is 4.98 Å². The Morgan fingerprint density at radius 2 is 1.95 bits per heavy atom. The second kappa shape index (κ2) is 5.37. The molecule has 0 bridgehead atoms. The van der Waals surface area contributed by atoms with Gasteiger partial charge in [-0.3, -0.25) is 9.52 Å². The van der Waals surface area contributed by atoms with Crippen LogP contribution in [0.5, 0.6) is 0 Å². The van der Waals surface area contributed by atoms with E-state index < -0.39 is 21.7 Å². The van der Waals surface area contributed by atoms with E-state index in [0.717, 1.165) is 24.4 Å². The third-order valence-corrected chi connectivity index (χ3v) is 3.98. The Kier molecular flexibility index (Phi) is 3.76. The number of carbonyl (C=O) groups is 1. The number of hydrogen-bond acceptors (Lipinski definition) is 5. The highest BCUT2D eigenvalue weighted by molar-refractivity contribution is 7.92. The van der Waals surface area contributed by atoms with Crippen LogP contribution in [0.15, 0.2) is 41.4 Å². The highest BCUT2D eigenvalue weighted by atomic mass is 32.2. The lowest BCUT2D eigenvalue weighted by molar-refractivity contribution is 0.1000. The number of nitrogens with one attached hydrogen (secondary N) is 1. The summed E-state index contributed by atoms with van der Waals surface area (Å²) in [4.78, 5) is 14.3. The number of sulfonamides is 1. The molecule has 0 saturated carbocycles. The molecule has 0 fully saturated rings. The van der Waals surface area contributed by atoms with Crippen molar-refractivity contribution in [2.45, 2.75) is 4.90 Å². The van der Waals surface area contributed by atoms with Gasteiger partial charge in [0.1, 0.15) is 16.5 Å². The van der Waals surface area contributed by atoms with Crippen molar-refractivity contribution in [3.8, 4) is 0 Å². The van der Waals surface area contributed by atoms with Crippen LogP contribution in [0.4, 0.5) is 15.9 Å². The number of nitrogens with zero attached hydrogens (tertiary/aromatic N) is 1. The van der Waals surface area contributed by atoms with Crippen LogP contribution in [0.25, 0.3) is 0 Å². The first-order chi connectivity index (χ1) is 9.79. The normalized spacial score (nSPS) is 11.1. The fourth-order valence-corrected chi connectivity index (χ4v) is 2.70. The third-order valence-electron chi connectivity index (χ3n) is 2.55. The lowest BCUT2D eigenvalue weighted by atomic mass is 10.2. The summed E-state index contributed by atoms with van der Waals surface area (Å²) in [6.07, 6.45) is 0.872. The van der Waals surface area contributed by atoms with Crippen LogP contribution >= 0.6 is 0 Å². The number of primary amides is 1. The first-order valence-corrected chi connectivity index (χ1v) is 7.11. The Hall–Kier alpha value is -2.68. The van der Waals surface area contributed by atoms with E-state index in [1.165, 1.54) is 12.1 Å². The zero-order chi connectivity index (χ0) is 15.6. The Balaban J connectivity index is 2.35. The highest BCUT2D eigenvalue weighted by Crippen LogP contribution is 2.22. The van der Waals surface area contributed by atoms with E-state index >= 15 is 0 Å². The third kappa shape index (κ3) is 3.26. The number of anilines is 2. The van der Waals surface area contributed by atoms with E-state index in [1.807, 2.05) is 0 Å². The smallest absolute Gasteiger partial charge is 0.265 e. The Bertz CT molecular complexity index is 791. The minimum atomic E-state index is -4.01. The number of pyridine rings is 1. The number of hydrogen-bond donors (Lipinski definition) is 3. The number of benzene rings is 1. The van der Waals surface area contributed by atoms with Crippen molar-refractivity contribution in [1.29, 1.82) is 0 Å². The highest BCUT2D eigenvalue weighted by Gasteiger charge is 2.19. The molecule has 1 aromatic heterocycles. The summed E-state index contributed by atoms with van der Waals surface area (Å²) in [7, 11) is -4.01. The van der Waals surface area contributed by atoms with Gasteiger partial charge in [0, 0.05) is 5.56 Å². The Morgan fingerprint density at radius 1 is 1.24 bits per heavy atom.